The molecule has 0 spiro atoms. The van der Waals surface area contributed by atoms with Crippen LogP contribution in [0.3, 0.4) is 0 Å². The van der Waals surface area contributed by atoms with Crippen LogP contribution in [-0.4, -0.2) is 11.6 Å². The van der Waals surface area contributed by atoms with E-state index < -0.39 is 0 Å². The first-order valence-corrected chi connectivity index (χ1v) is 4.24. The molecule has 0 unspecified atom stereocenters. The molecule has 0 aromatic carbocycles. The van der Waals surface area contributed by atoms with Crippen LogP contribution in [0.25, 0.3) is 0 Å². The first-order chi connectivity index (χ1) is 5.04. The summed E-state index contributed by atoms with van der Waals surface area (Å²) >= 11 is 0. The van der Waals surface area contributed by atoms with Gasteiger partial charge in [-0.15, -0.1) is 0 Å². The van der Waals surface area contributed by atoms with Gasteiger partial charge in [-0.2, -0.15) is 0 Å². The fraction of sp³-hybridized carbons (Fsp3) is 0.889. The van der Waals surface area contributed by atoms with Crippen molar-refractivity contribution in [3.63, 3.8) is 0 Å². The van der Waals surface area contributed by atoms with Gasteiger partial charge in [0.1, 0.15) is 5.60 Å². The predicted octanol–water partition coefficient (Wildman–Crippen LogP) is 2.13. The number of ether oxygens (including phenoxy) is 1. The molecule has 0 aromatic heterocycles. The van der Waals surface area contributed by atoms with Gasteiger partial charge in [0, 0.05) is 6.92 Å². The van der Waals surface area contributed by atoms with E-state index in [2.05, 4.69) is 6.92 Å². The van der Waals surface area contributed by atoms with Gasteiger partial charge in [-0.25, -0.2) is 0 Å². The van der Waals surface area contributed by atoms with Gasteiger partial charge in [0.15, 0.2) is 0 Å². The van der Waals surface area contributed by atoms with E-state index in [0.29, 0.717) is 5.92 Å². The van der Waals surface area contributed by atoms with Gasteiger partial charge in [-0.3, -0.25) is 4.79 Å². The molecule has 0 saturated heterocycles. The lowest BCUT2D eigenvalue weighted by Gasteiger charge is -2.28. The molecule has 0 aromatic rings. The molecular weight excluding hydrogens is 140 g/mol. The highest BCUT2D eigenvalue weighted by Gasteiger charge is 2.38. The lowest BCUT2D eigenvalue weighted by molar-refractivity contribution is -0.158. The molecule has 0 radical (unpaired) electrons. The summed E-state index contributed by atoms with van der Waals surface area (Å²) in [6.45, 7) is 5.66. The molecule has 2 nitrogen and oxygen atoms in total. The van der Waals surface area contributed by atoms with Crippen molar-refractivity contribution in [2.24, 2.45) is 5.92 Å². The number of carbonyl (C=O) groups is 1. The molecule has 2 atom stereocenters. The minimum atomic E-state index is -0.175. The highest BCUT2D eigenvalue weighted by molar-refractivity contribution is 5.66. The van der Waals surface area contributed by atoms with Crippen LogP contribution in [0.4, 0.5) is 0 Å². The number of hydrogen-bond acceptors (Lipinski definition) is 2. The number of esters is 1. The Morgan fingerprint density at radius 1 is 1.64 bits per heavy atom. The van der Waals surface area contributed by atoms with Gasteiger partial charge in [0.25, 0.3) is 0 Å². The Balaban J connectivity index is 2.58. The van der Waals surface area contributed by atoms with E-state index in [1.54, 1.807) is 0 Å². The van der Waals surface area contributed by atoms with Crippen LogP contribution in [0, 0.1) is 5.92 Å². The normalized spacial score (nSPS) is 37.2. The highest BCUT2D eigenvalue weighted by Crippen LogP contribution is 2.37. The molecular formula is C9H16O2. The number of rotatable bonds is 1. The molecule has 0 aliphatic heterocycles. The fourth-order valence-corrected chi connectivity index (χ4v) is 1.79. The summed E-state index contributed by atoms with van der Waals surface area (Å²) in [7, 11) is 0. The van der Waals surface area contributed by atoms with Crippen LogP contribution in [-0.2, 0) is 9.53 Å². The summed E-state index contributed by atoms with van der Waals surface area (Å²) in [6, 6.07) is 0. The zero-order valence-electron chi connectivity index (χ0n) is 7.52. The summed E-state index contributed by atoms with van der Waals surface area (Å²) in [5.41, 5.74) is -0.175. The molecule has 0 amide bonds. The van der Waals surface area contributed by atoms with Gasteiger partial charge in [0.2, 0.25) is 0 Å². The molecule has 1 rings (SSSR count). The van der Waals surface area contributed by atoms with E-state index >= 15 is 0 Å². The molecule has 1 aliphatic carbocycles. The minimum Gasteiger partial charge on any atom is -0.459 e. The Kier molecular flexibility index (Phi) is 2.21. The third kappa shape index (κ3) is 1.73. The smallest absolute Gasteiger partial charge is 0.303 e. The van der Waals surface area contributed by atoms with Gasteiger partial charge >= 0.3 is 5.97 Å². The van der Waals surface area contributed by atoms with Crippen molar-refractivity contribution in [1.29, 1.82) is 0 Å². The quantitative estimate of drug-likeness (QED) is 0.543. The first kappa shape index (κ1) is 8.57. The first-order valence-electron chi connectivity index (χ1n) is 4.24. The van der Waals surface area contributed by atoms with E-state index in [1.807, 2.05) is 6.92 Å². The maximum absolute atomic E-state index is 10.7. The average molecular weight is 156 g/mol. The summed E-state index contributed by atoms with van der Waals surface area (Å²) < 4.78 is 5.27. The largest absolute Gasteiger partial charge is 0.459 e. The molecule has 11 heavy (non-hydrogen) atoms. The molecule has 64 valence electrons. The number of carbonyl (C=O) groups excluding carboxylic acids is 1. The topological polar surface area (TPSA) is 26.3 Å². The van der Waals surface area contributed by atoms with Gasteiger partial charge in [-0.1, -0.05) is 6.92 Å². The summed E-state index contributed by atoms with van der Waals surface area (Å²) in [5.74, 6) is 0.368. The SMILES string of the molecule is CC(=O)O[C@@]1(C)CCC[C@H]1C. The van der Waals surface area contributed by atoms with Crippen LogP contribution in [0.15, 0.2) is 0 Å². The average Bonchev–Trinajstić information content (AvgIpc) is 2.11. The Morgan fingerprint density at radius 2 is 2.27 bits per heavy atom. The monoisotopic (exact) mass is 156 g/mol. The van der Waals surface area contributed by atoms with Crippen molar-refractivity contribution in [2.45, 2.75) is 45.6 Å². The van der Waals surface area contributed by atoms with Crippen molar-refractivity contribution >= 4 is 5.97 Å². The van der Waals surface area contributed by atoms with E-state index in [-0.39, 0.29) is 11.6 Å². The highest BCUT2D eigenvalue weighted by atomic mass is 16.6. The molecule has 1 fully saturated rings. The standard InChI is InChI=1S/C9H16O2/c1-7-5-4-6-9(7,3)11-8(2)10/h7H,4-6H2,1-3H3/t7-,9+/m1/s1. The Hall–Kier alpha value is -0.530. The lowest BCUT2D eigenvalue weighted by Crippen LogP contribution is -2.33. The van der Waals surface area contributed by atoms with Crippen molar-refractivity contribution in [3.05, 3.63) is 0 Å². The third-order valence-corrected chi connectivity index (χ3v) is 2.73. The van der Waals surface area contributed by atoms with Crippen molar-refractivity contribution < 1.29 is 9.53 Å². The molecule has 0 heterocycles. The Bertz CT molecular complexity index is 165. The summed E-state index contributed by atoms with van der Waals surface area (Å²) in [4.78, 5) is 10.7. The number of hydrogen-bond donors (Lipinski definition) is 0. The van der Waals surface area contributed by atoms with Gasteiger partial charge < -0.3 is 4.74 Å². The van der Waals surface area contributed by atoms with Gasteiger partial charge in [0.05, 0.1) is 0 Å². The second-order valence-corrected chi connectivity index (χ2v) is 3.70. The van der Waals surface area contributed by atoms with Crippen LogP contribution in [0.5, 0.6) is 0 Å². The van der Waals surface area contributed by atoms with E-state index in [4.69, 9.17) is 4.74 Å². The molecule has 2 heteroatoms. The minimum absolute atomic E-state index is 0.152. The van der Waals surface area contributed by atoms with Crippen LogP contribution >= 0.6 is 0 Å². The van der Waals surface area contributed by atoms with Crippen LogP contribution in [0.1, 0.15) is 40.0 Å². The summed E-state index contributed by atoms with van der Waals surface area (Å²) in [5, 5.41) is 0. The fourth-order valence-electron chi connectivity index (χ4n) is 1.79. The molecule has 1 saturated carbocycles. The van der Waals surface area contributed by atoms with Crippen LogP contribution < -0.4 is 0 Å². The van der Waals surface area contributed by atoms with E-state index in [9.17, 15) is 4.79 Å². The van der Waals surface area contributed by atoms with E-state index in [0.717, 1.165) is 6.42 Å². The van der Waals surface area contributed by atoms with Crippen LogP contribution in [0.2, 0.25) is 0 Å². The zero-order valence-corrected chi connectivity index (χ0v) is 7.52. The van der Waals surface area contributed by atoms with Crippen molar-refractivity contribution in [1.82, 2.24) is 0 Å². The van der Waals surface area contributed by atoms with Crippen molar-refractivity contribution in [2.75, 3.05) is 0 Å². The zero-order chi connectivity index (χ0) is 8.48. The maximum Gasteiger partial charge on any atom is 0.303 e. The Labute approximate surface area is 67.9 Å². The maximum atomic E-state index is 10.7. The third-order valence-electron chi connectivity index (χ3n) is 2.73. The summed E-state index contributed by atoms with van der Waals surface area (Å²) in [6.07, 6.45) is 3.39. The molecule has 0 N–H and O–H groups in total. The second kappa shape index (κ2) is 2.84. The van der Waals surface area contributed by atoms with E-state index in [1.165, 1.54) is 19.8 Å². The van der Waals surface area contributed by atoms with Crippen molar-refractivity contribution in [3.8, 4) is 0 Å². The lowest BCUT2D eigenvalue weighted by atomic mass is 9.95. The second-order valence-electron chi connectivity index (χ2n) is 3.70. The molecule has 1 aliphatic rings. The van der Waals surface area contributed by atoms with Gasteiger partial charge in [-0.05, 0) is 32.1 Å². The Morgan fingerprint density at radius 3 is 2.64 bits per heavy atom. The predicted molar refractivity (Wildman–Crippen MR) is 43.2 cm³/mol. The molecule has 0 bridgehead atoms.